The molecule has 4 unspecified atom stereocenters. The van der Waals surface area contributed by atoms with E-state index in [9.17, 15) is 28.8 Å². The summed E-state index contributed by atoms with van der Waals surface area (Å²) in [4.78, 5) is 70.2. The standard InChI is InChI=1S/C18H30N4O9S2/c1-33-7-6-9(19)15(27)20-10(2-4-13(23)24)16(28)22-12(8-32)17(29)21-11(18(30)31)3-5-14(25)26/h9-12,32H,2-8,19H2,1H3,(H,20,27)(H,21,29)(H,22,28)(H,23,24)(H,25,26)(H,30,31). The van der Waals surface area contributed by atoms with Gasteiger partial charge < -0.3 is 37.0 Å². The monoisotopic (exact) mass is 510 g/mol. The van der Waals surface area contributed by atoms with Crippen LogP contribution in [0.1, 0.15) is 32.1 Å². The Balaban J connectivity index is 5.26. The Kier molecular flexibility index (Phi) is 14.9. The fourth-order valence-electron chi connectivity index (χ4n) is 2.46. The van der Waals surface area contributed by atoms with Crippen LogP contribution in [0.3, 0.4) is 0 Å². The molecule has 0 fully saturated rings. The third kappa shape index (κ3) is 12.9. The first-order valence-corrected chi connectivity index (χ1v) is 11.9. The van der Waals surface area contributed by atoms with Crippen LogP contribution in [0.2, 0.25) is 0 Å². The van der Waals surface area contributed by atoms with E-state index in [0.717, 1.165) is 0 Å². The summed E-state index contributed by atoms with van der Waals surface area (Å²) in [7, 11) is 0. The molecule has 0 spiro atoms. The smallest absolute Gasteiger partial charge is 0.326 e. The number of rotatable bonds is 17. The van der Waals surface area contributed by atoms with Crippen LogP contribution in [0.5, 0.6) is 0 Å². The maximum Gasteiger partial charge on any atom is 0.326 e. The van der Waals surface area contributed by atoms with Crippen molar-refractivity contribution in [2.24, 2.45) is 5.73 Å². The number of thioether (sulfide) groups is 1. The largest absolute Gasteiger partial charge is 0.481 e. The number of nitrogens with two attached hydrogens (primary N) is 1. The molecule has 0 aromatic carbocycles. The van der Waals surface area contributed by atoms with Crippen LogP contribution in [0.25, 0.3) is 0 Å². The number of thiol groups is 1. The molecule has 0 aliphatic rings. The van der Waals surface area contributed by atoms with Gasteiger partial charge in [-0.25, -0.2) is 4.79 Å². The van der Waals surface area contributed by atoms with Crippen molar-refractivity contribution in [3.63, 3.8) is 0 Å². The van der Waals surface area contributed by atoms with Crippen molar-refractivity contribution in [2.45, 2.75) is 56.3 Å². The van der Waals surface area contributed by atoms with Crippen LogP contribution >= 0.6 is 24.4 Å². The van der Waals surface area contributed by atoms with Crippen molar-refractivity contribution in [3.05, 3.63) is 0 Å². The van der Waals surface area contributed by atoms with E-state index < -0.39 is 72.6 Å². The highest BCUT2D eigenvalue weighted by Crippen LogP contribution is 2.04. The second-order valence-electron chi connectivity index (χ2n) is 6.96. The predicted octanol–water partition coefficient (Wildman–Crippen LogP) is -1.73. The second-order valence-corrected chi connectivity index (χ2v) is 8.31. The number of amides is 3. The van der Waals surface area contributed by atoms with Gasteiger partial charge in [0.15, 0.2) is 0 Å². The van der Waals surface area contributed by atoms with Crippen LogP contribution < -0.4 is 21.7 Å². The molecule has 0 bridgehead atoms. The summed E-state index contributed by atoms with van der Waals surface area (Å²) < 4.78 is 0. The molecular weight excluding hydrogens is 480 g/mol. The summed E-state index contributed by atoms with van der Waals surface area (Å²) in [6.45, 7) is 0. The van der Waals surface area contributed by atoms with Gasteiger partial charge in [-0.15, -0.1) is 0 Å². The number of hydrogen-bond donors (Lipinski definition) is 8. The number of carboxylic acids is 3. The first-order chi connectivity index (χ1) is 15.4. The minimum atomic E-state index is -1.51. The number of carbonyl (C=O) groups excluding carboxylic acids is 3. The molecule has 8 N–H and O–H groups in total. The van der Waals surface area contributed by atoms with Gasteiger partial charge in [0, 0.05) is 18.6 Å². The van der Waals surface area contributed by atoms with Gasteiger partial charge in [-0.3, -0.25) is 24.0 Å². The van der Waals surface area contributed by atoms with E-state index in [0.29, 0.717) is 12.2 Å². The molecule has 13 nitrogen and oxygen atoms in total. The van der Waals surface area contributed by atoms with Gasteiger partial charge >= 0.3 is 17.9 Å². The molecule has 0 heterocycles. The Morgan fingerprint density at radius 1 is 0.788 bits per heavy atom. The fourth-order valence-corrected chi connectivity index (χ4v) is 3.20. The molecule has 0 aromatic rings. The summed E-state index contributed by atoms with van der Waals surface area (Å²) in [5, 5.41) is 33.6. The Bertz CT molecular complexity index is 723. The highest BCUT2D eigenvalue weighted by Gasteiger charge is 2.30. The lowest BCUT2D eigenvalue weighted by molar-refractivity contribution is -0.143. The Labute approximate surface area is 200 Å². The van der Waals surface area contributed by atoms with Crippen molar-refractivity contribution in [2.75, 3.05) is 17.8 Å². The van der Waals surface area contributed by atoms with E-state index in [4.69, 9.17) is 21.1 Å². The molecule has 0 radical (unpaired) electrons. The first-order valence-electron chi connectivity index (χ1n) is 9.85. The number of hydrogen-bond acceptors (Lipinski definition) is 9. The van der Waals surface area contributed by atoms with Crippen LogP contribution in [0.4, 0.5) is 0 Å². The van der Waals surface area contributed by atoms with E-state index in [1.165, 1.54) is 11.8 Å². The van der Waals surface area contributed by atoms with Gasteiger partial charge in [0.05, 0.1) is 6.04 Å². The van der Waals surface area contributed by atoms with E-state index >= 15 is 0 Å². The lowest BCUT2D eigenvalue weighted by Crippen LogP contribution is -2.57. The molecule has 0 rings (SSSR count). The lowest BCUT2D eigenvalue weighted by atomic mass is 10.1. The van der Waals surface area contributed by atoms with Crippen molar-refractivity contribution >= 4 is 60.0 Å². The topological polar surface area (TPSA) is 225 Å². The van der Waals surface area contributed by atoms with Crippen LogP contribution in [-0.2, 0) is 28.8 Å². The first kappa shape index (κ1) is 30.5. The van der Waals surface area contributed by atoms with Gasteiger partial charge in [-0.2, -0.15) is 24.4 Å². The van der Waals surface area contributed by atoms with Gasteiger partial charge in [-0.05, 0) is 31.3 Å². The second kappa shape index (κ2) is 16.1. The van der Waals surface area contributed by atoms with Crippen molar-refractivity contribution in [3.8, 4) is 0 Å². The molecule has 0 aliphatic carbocycles. The molecular formula is C18H30N4O9S2. The lowest BCUT2D eigenvalue weighted by Gasteiger charge is -2.24. The molecule has 15 heteroatoms. The van der Waals surface area contributed by atoms with E-state index in [1.54, 1.807) is 0 Å². The summed E-state index contributed by atoms with van der Waals surface area (Å²) in [6.07, 6.45) is 0.539. The highest BCUT2D eigenvalue weighted by atomic mass is 32.2. The predicted molar refractivity (Wildman–Crippen MR) is 122 cm³/mol. The minimum absolute atomic E-state index is 0.254. The molecule has 0 saturated carbocycles. The third-order valence-electron chi connectivity index (χ3n) is 4.33. The molecule has 0 aliphatic heterocycles. The number of carbonyl (C=O) groups is 6. The number of nitrogens with one attached hydrogen (secondary N) is 3. The maximum absolute atomic E-state index is 12.7. The maximum atomic E-state index is 12.7. The molecule has 3 amide bonds. The molecule has 33 heavy (non-hydrogen) atoms. The Morgan fingerprint density at radius 3 is 1.70 bits per heavy atom. The SMILES string of the molecule is CSCCC(N)C(=O)NC(CCC(=O)O)C(=O)NC(CS)C(=O)NC(CCC(=O)O)C(=O)O. The molecule has 0 aromatic heterocycles. The summed E-state index contributed by atoms with van der Waals surface area (Å²) >= 11 is 5.43. The van der Waals surface area contributed by atoms with Crippen LogP contribution in [0.15, 0.2) is 0 Å². The van der Waals surface area contributed by atoms with Crippen LogP contribution in [0, 0.1) is 0 Å². The van der Waals surface area contributed by atoms with Crippen molar-refractivity contribution in [1.29, 1.82) is 0 Å². The summed E-state index contributed by atoms with van der Waals surface area (Å²) in [6, 6.07) is -5.08. The van der Waals surface area contributed by atoms with E-state index in [-0.39, 0.29) is 18.6 Å². The minimum Gasteiger partial charge on any atom is -0.481 e. The highest BCUT2D eigenvalue weighted by molar-refractivity contribution is 7.98. The van der Waals surface area contributed by atoms with E-state index in [1.807, 2.05) is 6.26 Å². The molecule has 0 saturated heterocycles. The zero-order chi connectivity index (χ0) is 25.6. The van der Waals surface area contributed by atoms with Gasteiger partial charge in [0.1, 0.15) is 18.1 Å². The normalized spacial score (nSPS) is 14.3. The van der Waals surface area contributed by atoms with Gasteiger partial charge in [0.2, 0.25) is 17.7 Å². The summed E-state index contributed by atoms with van der Waals surface area (Å²) in [5.41, 5.74) is 5.77. The zero-order valence-corrected chi connectivity index (χ0v) is 19.7. The third-order valence-corrected chi connectivity index (χ3v) is 5.34. The van der Waals surface area contributed by atoms with Crippen LogP contribution in [-0.4, -0.2) is 92.9 Å². The average molecular weight is 511 g/mol. The van der Waals surface area contributed by atoms with Gasteiger partial charge in [0.25, 0.3) is 0 Å². The summed E-state index contributed by atoms with van der Waals surface area (Å²) in [5.74, 6) is -6.06. The van der Waals surface area contributed by atoms with Crippen molar-refractivity contribution in [1.82, 2.24) is 16.0 Å². The quantitative estimate of drug-likeness (QED) is 0.103. The number of carboxylic acid groups (broad SMARTS) is 3. The molecule has 4 atom stereocenters. The van der Waals surface area contributed by atoms with E-state index in [2.05, 4.69) is 28.6 Å². The average Bonchev–Trinajstić information content (AvgIpc) is 2.74. The Hall–Kier alpha value is -2.52. The van der Waals surface area contributed by atoms with Crippen molar-refractivity contribution < 1.29 is 44.1 Å². The fraction of sp³-hybridized carbons (Fsp3) is 0.667. The number of aliphatic carboxylic acids is 3. The van der Waals surface area contributed by atoms with Gasteiger partial charge in [-0.1, -0.05) is 0 Å². The molecule has 188 valence electrons. The zero-order valence-electron chi connectivity index (χ0n) is 18.0. The Morgan fingerprint density at radius 2 is 1.24 bits per heavy atom.